The number of para-hydroxylation sites is 1. The van der Waals surface area contributed by atoms with Crippen LogP contribution in [0.4, 0.5) is 16.3 Å². The SMILES string of the molecule is C=CCNC(=O)Nc1c(C(C)(C)C)nn(-c2ccccc2C)c1N. The molecule has 2 rings (SSSR count). The van der Waals surface area contributed by atoms with Crippen LogP contribution in [0.5, 0.6) is 0 Å². The Morgan fingerprint density at radius 2 is 2.04 bits per heavy atom. The molecule has 0 aliphatic carbocycles. The number of carbonyl (C=O) groups excluding carboxylic acids is 1. The number of nitrogens with zero attached hydrogens (tertiary/aromatic N) is 2. The van der Waals surface area contributed by atoms with E-state index >= 15 is 0 Å². The predicted octanol–water partition coefficient (Wildman–Crippen LogP) is 3.37. The molecule has 0 saturated carbocycles. The van der Waals surface area contributed by atoms with Gasteiger partial charge in [-0.15, -0.1) is 6.58 Å². The fourth-order valence-corrected chi connectivity index (χ4v) is 2.39. The fourth-order valence-electron chi connectivity index (χ4n) is 2.39. The van der Waals surface area contributed by atoms with E-state index in [0.717, 1.165) is 16.9 Å². The molecule has 0 spiro atoms. The summed E-state index contributed by atoms with van der Waals surface area (Å²) in [7, 11) is 0. The Morgan fingerprint density at radius 3 is 2.62 bits per heavy atom. The number of amides is 2. The lowest BCUT2D eigenvalue weighted by atomic mass is 9.91. The maximum Gasteiger partial charge on any atom is 0.319 e. The van der Waals surface area contributed by atoms with Gasteiger partial charge in [0.2, 0.25) is 0 Å². The van der Waals surface area contributed by atoms with Gasteiger partial charge in [0, 0.05) is 12.0 Å². The van der Waals surface area contributed by atoms with Gasteiger partial charge in [0.15, 0.2) is 5.82 Å². The van der Waals surface area contributed by atoms with Crippen LogP contribution in [-0.4, -0.2) is 22.4 Å². The highest BCUT2D eigenvalue weighted by molar-refractivity contribution is 5.93. The molecule has 0 aliphatic rings. The minimum Gasteiger partial charge on any atom is -0.382 e. The van der Waals surface area contributed by atoms with E-state index in [4.69, 9.17) is 5.73 Å². The number of aryl methyl sites for hydroxylation is 1. The number of rotatable bonds is 4. The second-order valence-corrected chi connectivity index (χ2v) is 6.68. The summed E-state index contributed by atoms with van der Waals surface area (Å²) in [6, 6.07) is 7.51. The number of nitrogens with one attached hydrogen (secondary N) is 2. The fraction of sp³-hybridized carbons (Fsp3) is 0.333. The van der Waals surface area contributed by atoms with Gasteiger partial charge in [-0.3, -0.25) is 0 Å². The Labute approximate surface area is 142 Å². The Bertz CT molecular complexity index is 755. The van der Waals surface area contributed by atoms with E-state index in [1.165, 1.54) is 0 Å². The second kappa shape index (κ2) is 6.78. The molecule has 0 saturated heterocycles. The molecule has 1 aromatic carbocycles. The van der Waals surface area contributed by atoms with Crippen LogP contribution in [0.2, 0.25) is 0 Å². The summed E-state index contributed by atoms with van der Waals surface area (Å²) < 4.78 is 1.68. The van der Waals surface area contributed by atoms with Crippen molar-refractivity contribution < 1.29 is 4.79 Å². The van der Waals surface area contributed by atoms with Crippen molar-refractivity contribution in [2.75, 3.05) is 17.6 Å². The topological polar surface area (TPSA) is 85.0 Å². The highest BCUT2D eigenvalue weighted by Crippen LogP contribution is 2.35. The maximum atomic E-state index is 12.1. The molecule has 1 aromatic heterocycles. The minimum absolute atomic E-state index is 0.275. The zero-order valence-electron chi connectivity index (χ0n) is 14.7. The predicted molar refractivity (Wildman–Crippen MR) is 98.6 cm³/mol. The molecule has 2 aromatic rings. The van der Waals surface area contributed by atoms with Crippen molar-refractivity contribution in [3.63, 3.8) is 0 Å². The van der Waals surface area contributed by atoms with Gasteiger partial charge in [-0.1, -0.05) is 45.0 Å². The van der Waals surface area contributed by atoms with Gasteiger partial charge in [0.1, 0.15) is 5.69 Å². The third kappa shape index (κ3) is 3.59. The zero-order chi connectivity index (χ0) is 17.9. The summed E-state index contributed by atoms with van der Waals surface area (Å²) in [5, 5.41) is 10.2. The van der Waals surface area contributed by atoms with Crippen LogP contribution in [-0.2, 0) is 5.41 Å². The highest BCUT2D eigenvalue weighted by atomic mass is 16.2. The van der Waals surface area contributed by atoms with E-state index in [2.05, 4.69) is 22.3 Å². The van der Waals surface area contributed by atoms with Crippen molar-refractivity contribution >= 4 is 17.5 Å². The number of hydrogen-bond acceptors (Lipinski definition) is 3. The number of anilines is 2. The summed E-state index contributed by atoms with van der Waals surface area (Å²) in [6.07, 6.45) is 1.62. The van der Waals surface area contributed by atoms with Gasteiger partial charge < -0.3 is 16.4 Å². The van der Waals surface area contributed by atoms with Gasteiger partial charge in [-0.25, -0.2) is 9.48 Å². The van der Waals surface area contributed by atoms with Gasteiger partial charge in [0.05, 0.1) is 11.4 Å². The van der Waals surface area contributed by atoms with E-state index in [1.54, 1.807) is 10.8 Å². The highest BCUT2D eigenvalue weighted by Gasteiger charge is 2.27. The molecule has 0 atom stereocenters. The van der Waals surface area contributed by atoms with Crippen LogP contribution in [0.3, 0.4) is 0 Å². The molecule has 4 N–H and O–H groups in total. The molecule has 128 valence electrons. The quantitative estimate of drug-likeness (QED) is 0.753. The summed E-state index contributed by atoms with van der Waals surface area (Å²) >= 11 is 0. The molecule has 1 heterocycles. The third-order valence-electron chi connectivity index (χ3n) is 3.62. The number of hydrogen-bond donors (Lipinski definition) is 3. The second-order valence-electron chi connectivity index (χ2n) is 6.68. The molecule has 0 bridgehead atoms. The minimum atomic E-state index is -0.337. The normalized spacial score (nSPS) is 11.2. The number of urea groups is 1. The van der Waals surface area contributed by atoms with Crippen molar-refractivity contribution in [3.05, 3.63) is 48.2 Å². The molecular formula is C18H25N5O. The molecule has 24 heavy (non-hydrogen) atoms. The molecule has 2 amide bonds. The molecule has 0 fully saturated rings. The zero-order valence-corrected chi connectivity index (χ0v) is 14.7. The van der Waals surface area contributed by atoms with Crippen LogP contribution in [0, 0.1) is 6.92 Å². The first-order valence-corrected chi connectivity index (χ1v) is 7.86. The first-order valence-electron chi connectivity index (χ1n) is 7.86. The Morgan fingerprint density at radius 1 is 1.38 bits per heavy atom. The van der Waals surface area contributed by atoms with Crippen LogP contribution in [0.25, 0.3) is 5.69 Å². The molecule has 0 radical (unpaired) electrons. The van der Waals surface area contributed by atoms with Crippen LogP contribution < -0.4 is 16.4 Å². The molecule has 6 nitrogen and oxygen atoms in total. The summed E-state index contributed by atoms with van der Waals surface area (Å²) in [5.41, 5.74) is 9.25. The van der Waals surface area contributed by atoms with Crippen molar-refractivity contribution in [2.45, 2.75) is 33.1 Å². The monoisotopic (exact) mass is 327 g/mol. The van der Waals surface area contributed by atoms with E-state index in [0.29, 0.717) is 18.1 Å². The number of aromatic nitrogens is 2. The van der Waals surface area contributed by atoms with Crippen molar-refractivity contribution in [3.8, 4) is 5.69 Å². The van der Waals surface area contributed by atoms with E-state index in [1.807, 2.05) is 52.0 Å². The van der Waals surface area contributed by atoms with E-state index in [9.17, 15) is 4.79 Å². The van der Waals surface area contributed by atoms with E-state index < -0.39 is 0 Å². The number of nitrogens with two attached hydrogens (primary N) is 1. The standard InChI is InChI=1S/C18H25N5O/c1-6-11-20-17(24)21-14-15(18(3,4)5)22-23(16(14)19)13-10-8-7-9-12(13)2/h6-10H,1,11,19H2,2-5H3,(H2,20,21,24). The Balaban J connectivity index is 2.51. The number of carbonyl (C=O) groups is 1. The molecular weight excluding hydrogens is 302 g/mol. The molecule has 0 aliphatic heterocycles. The van der Waals surface area contributed by atoms with Crippen LogP contribution in [0.15, 0.2) is 36.9 Å². The van der Waals surface area contributed by atoms with Crippen LogP contribution >= 0.6 is 0 Å². The van der Waals surface area contributed by atoms with Crippen molar-refractivity contribution in [1.82, 2.24) is 15.1 Å². The smallest absolute Gasteiger partial charge is 0.319 e. The molecule has 6 heteroatoms. The van der Waals surface area contributed by atoms with Crippen molar-refractivity contribution in [1.29, 1.82) is 0 Å². The van der Waals surface area contributed by atoms with Crippen molar-refractivity contribution in [2.24, 2.45) is 0 Å². The lowest BCUT2D eigenvalue weighted by molar-refractivity contribution is 0.253. The average Bonchev–Trinajstić information content (AvgIpc) is 2.83. The molecule has 0 unspecified atom stereocenters. The first kappa shape index (κ1) is 17.6. The maximum absolute atomic E-state index is 12.1. The number of nitrogen functional groups attached to an aromatic ring is 1. The summed E-state index contributed by atoms with van der Waals surface area (Å²) in [5.74, 6) is 0.406. The van der Waals surface area contributed by atoms with Gasteiger partial charge in [0.25, 0.3) is 0 Å². The average molecular weight is 327 g/mol. The van der Waals surface area contributed by atoms with E-state index in [-0.39, 0.29) is 11.4 Å². The van der Waals surface area contributed by atoms with Gasteiger partial charge >= 0.3 is 6.03 Å². The van der Waals surface area contributed by atoms with Gasteiger partial charge in [-0.05, 0) is 18.6 Å². The third-order valence-corrected chi connectivity index (χ3v) is 3.62. The number of benzene rings is 1. The van der Waals surface area contributed by atoms with Gasteiger partial charge in [-0.2, -0.15) is 5.10 Å². The lowest BCUT2D eigenvalue weighted by Gasteiger charge is -2.17. The Kier molecular flexibility index (Phi) is 4.97. The summed E-state index contributed by atoms with van der Waals surface area (Å²) in [6.45, 7) is 12.1. The summed E-state index contributed by atoms with van der Waals surface area (Å²) in [4.78, 5) is 12.1. The Hall–Kier alpha value is -2.76. The lowest BCUT2D eigenvalue weighted by Crippen LogP contribution is -2.30. The largest absolute Gasteiger partial charge is 0.382 e. The first-order chi connectivity index (χ1) is 11.3. The van der Waals surface area contributed by atoms with Crippen LogP contribution in [0.1, 0.15) is 32.0 Å².